The smallest absolute Gasteiger partial charge is 0.341 e. The van der Waals surface area contributed by atoms with Crippen LogP contribution in [-0.2, 0) is 6.42 Å². The monoisotopic (exact) mass is 285 g/mol. The second kappa shape index (κ2) is 5.35. The van der Waals surface area contributed by atoms with Gasteiger partial charge in [-0.05, 0) is 36.3 Å². The molecular weight excluding hydrogens is 266 g/mol. The van der Waals surface area contributed by atoms with Crippen LogP contribution in [0.25, 0.3) is 11.3 Å². The molecule has 1 aromatic carbocycles. The standard InChI is InChI=1S/C17H19NO3/c1-10(2)8-14-15(17(19)20)16(18-21-14)13-5-3-4-12(9-13)11-6-7-11/h3-5,9-11H,6-8H2,1-2H3,(H,19,20). The van der Waals surface area contributed by atoms with E-state index >= 15 is 0 Å². The van der Waals surface area contributed by atoms with Gasteiger partial charge in [0.25, 0.3) is 0 Å². The van der Waals surface area contributed by atoms with Crippen LogP contribution in [0.2, 0.25) is 0 Å². The summed E-state index contributed by atoms with van der Waals surface area (Å²) in [6.45, 7) is 4.06. The zero-order valence-electron chi connectivity index (χ0n) is 12.3. The van der Waals surface area contributed by atoms with E-state index in [1.54, 1.807) is 0 Å². The Kier molecular flexibility index (Phi) is 3.53. The van der Waals surface area contributed by atoms with Crippen molar-refractivity contribution in [2.24, 2.45) is 5.92 Å². The molecule has 2 aromatic rings. The maximum atomic E-state index is 11.6. The third kappa shape index (κ3) is 2.84. The van der Waals surface area contributed by atoms with Crippen molar-refractivity contribution in [2.75, 3.05) is 0 Å². The number of rotatable bonds is 5. The van der Waals surface area contributed by atoms with Gasteiger partial charge in [-0.3, -0.25) is 0 Å². The van der Waals surface area contributed by atoms with E-state index in [9.17, 15) is 9.90 Å². The molecule has 1 aliphatic carbocycles. The van der Waals surface area contributed by atoms with Crippen molar-refractivity contribution >= 4 is 5.97 Å². The maximum absolute atomic E-state index is 11.6. The van der Waals surface area contributed by atoms with E-state index in [0.29, 0.717) is 29.7 Å². The van der Waals surface area contributed by atoms with Gasteiger partial charge in [0.2, 0.25) is 0 Å². The number of hydrogen-bond acceptors (Lipinski definition) is 3. The Bertz CT molecular complexity index is 668. The van der Waals surface area contributed by atoms with Crippen molar-refractivity contribution in [3.8, 4) is 11.3 Å². The van der Waals surface area contributed by atoms with Gasteiger partial charge in [0.05, 0.1) is 0 Å². The third-order valence-electron chi connectivity index (χ3n) is 3.78. The predicted octanol–water partition coefficient (Wildman–Crippen LogP) is 4.12. The maximum Gasteiger partial charge on any atom is 0.341 e. The second-order valence-corrected chi connectivity index (χ2v) is 6.13. The van der Waals surface area contributed by atoms with Crippen molar-refractivity contribution in [3.63, 3.8) is 0 Å². The van der Waals surface area contributed by atoms with Gasteiger partial charge in [-0.25, -0.2) is 4.79 Å². The summed E-state index contributed by atoms with van der Waals surface area (Å²) in [5, 5.41) is 13.5. The summed E-state index contributed by atoms with van der Waals surface area (Å²) in [6.07, 6.45) is 3.01. The van der Waals surface area contributed by atoms with E-state index in [-0.39, 0.29) is 5.56 Å². The summed E-state index contributed by atoms with van der Waals surface area (Å²) in [7, 11) is 0. The number of carbonyl (C=O) groups is 1. The first kappa shape index (κ1) is 13.9. The highest BCUT2D eigenvalue weighted by Gasteiger charge is 2.26. The number of nitrogens with zero attached hydrogens (tertiary/aromatic N) is 1. The number of benzene rings is 1. The Morgan fingerprint density at radius 2 is 2.19 bits per heavy atom. The van der Waals surface area contributed by atoms with Gasteiger partial charge < -0.3 is 9.63 Å². The van der Waals surface area contributed by atoms with Gasteiger partial charge in [0, 0.05) is 12.0 Å². The summed E-state index contributed by atoms with van der Waals surface area (Å²) >= 11 is 0. The molecule has 0 bridgehead atoms. The Morgan fingerprint density at radius 1 is 1.43 bits per heavy atom. The lowest BCUT2D eigenvalue weighted by molar-refractivity contribution is 0.0695. The van der Waals surface area contributed by atoms with Gasteiger partial charge in [-0.15, -0.1) is 0 Å². The van der Waals surface area contributed by atoms with Crippen LogP contribution >= 0.6 is 0 Å². The molecule has 4 heteroatoms. The van der Waals surface area contributed by atoms with Crippen LogP contribution in [0.4, 0.5) is 0 Å². The minimum Gasteiger partial charge on any atom is -0.477 e. The number of aromatic nitrogens is 1. The highest BCUT2D eigenvalue weighted by atomic mass is 16.5. The highest BCUT2D eigenvalue weighted by Crippen LogP contribution is 2.41. The zero-order valence-corrected chi connectivity index (χ0v) is 12.3. The predicted molar refractivity (Wildman–Crippen MR) is 79.4 cm³/mol. The molecule has 0 amide bonds. The molecule has 0 unspecified atom stereocenters. The number of aromatic carboxylic acids is 1. The fourth-order valence-electron chi connectivity index (χ4n) is 2.61. The van der Waals surface area contributed by atoms with Crippen LogP contribution in [0.1, 0.15) is 54.3 Å². The van der Waals surface area contributed by atoms with Crippen molar-refractivity contribution in [1.29, 1.82) is 0 Å². The van der Waals surface area contributed by atoms with Crippen molar-refractivity contribution in [2.45, 2.75) is 39.0 Å². The number of carboxylic acids is 1. The minimum absolute atomic E-state index is 0.205. The summed E-state index contributed by atoms with van der Waals surface area (Å²) < 4.78 is 5.31. The fourth-order valence-corrected chi connectivity index (χ4v) is 2.61. The SMILES string of the molecule is CC(C)Cc1onc(-c2cccc(C3CC3)c2)c1C(=O)O. The van der Waals surface area contributed by atoms with Crippen LogP contribution in [0.3, 0.4) is 0 Å². The normalized spacial score (nSPS) is 14.6. The van der Waals surface area contributed by atoms with Crippen molar-refractivity contribution < 1.29 is 14.4 Å². The molecule has 1 fully saturated rings. The minimum atomic E-state index is -0.973. The van der Waals surface area contributed by atoms with Crippen molar-refractivity contribution in [3.05, 3.63) is 41.2 Å². The van der Waals surface area contributed by atoms with Crippen LogP contribution in [0.15, 0.2) is 28.8 Å². The molecule has 3 rings (SSSR count). The third-order valence-corrected chi connectivity index (χ3v) is 3.78. The lowest BCUT2D eigenvalue weighted by Crippen LogP contribution is -2.04. The Balaban J connectivity index is 2.03. The Labute approximate surface area is 123 Å². The van der Waals surface area contributed by atoms with Crippen LogP contribution < -0.4 is 0 Å². The molecule has 110 valence electrons. The Morgan fingerprint density at radius 3 is 2.81 bits per heavy atom. The lowest BCUT2D eigenvalue weighted by atomic mass is 9.99. The molecule has 0 radical (unpaired) electrons. The van der Waals surface area contributed by atoms with Gasteiger partial charge in [-0.2, -0.15) is 0 Å². The van der Waals surface area contributed by atoms with E-state index < -0.39 is 5.97 Å². The first-order valence-corrected chi connectivity index (χ1v) is 7.38. The largest absolute Gasteiger partial charge is 0.477 e. The van der Waals surface area contributed by atoms with Gasteiger partial charge in [0.15, 0.2) is 5.76 Å². The molecule has 0 saturated heterocycles. The molecule has 0 spiro atoms. The summed E-state index contributed by atoms with van der Waals surface area (Å²) in [6, 6.07) is 8.00. The van der Waals surface area contributed by atoms with Gasteiger partial charge >= 0.3 is 5.97 Å². The zero-order chi connectivity index (χ0) is 15.0. The molecule has 1 aliphatic rings. The Hall–Kier alpha value is -2.10. The first-order valence-electron chi connectivity index (χ1n) is 7.38. The number of hydrogen-bond donors (Lipinski definition) is 1. The quantitative estimate of drug-likeness (QED) is 0.897. The molecule has 1 heterocycles. The van der Waals surface area contributed by atoms with E-state index in [2.05, 4.69) is 11.2 Å². The van der Waals surface area contributed by atoms with Crippen molar-refractivity contribution in [1.82, 2.24) is 5.16 Å². The van der Waals surface area contributed by atoms with E-state index in [1.165, 1.54) is 18.4 Å². The summed E-state index contributed by atoms with van der Waals surface area (Å²) in [4.78, 5) is 11.6. The van der Waals surface area contributed by atoms with Gasteiger partial charge in [-0.1, -0.05) is 37.2 Å². The highest BCUT2D eigenvalue weighted by molar-refractivity contribution is 5.95. The number of carboxylic acid groups (broad SMARTS) is 1. The molecule has 21 heavy (non-hydrogen) atoms. The average Bonchev–Trinajstić information content (AvgIpc) is 3.20. The van der Waals surface area contributed by atoms with E-state index in [4.69, 9.17) is 4.52 Å². The van der Waals surface area contributed by atoms with Gasteiger partial charge in [0.1, 0.15) is 11.3 Å². The molecule has 0 aliphatic heterocycles. The molecular formula is C17H19NO3. The topological polar surface area (TPSA) is 63.3 Å². The fraction of sp³-hybridized carbons (Fsp3) is 0.412. The van der Waals surface area contributed by atoms with Crippen LogP contribution in [-0.4, -0.2) is 16.2 Å². The van der Waals surface area contributed by atoms with Crippen LogP contribution in [0.5, 0.6) is 0 Å². The average molecular weight is 285 g/mol. The molecule has 1 N–H and O–H groups in total. The first-order chi connectivity index (χ1) is 10.1. The molecule has 0 atom stereocenters. The van der Waals surface area contributed by atoms with E-state index in [1.807, 2.05) is 32.0 Å². The summed E-state index contributed by atoms with van der Waals surface area (Å²) in [5.74, 6) is 0.435. The van der Waals surface area contributed by atoms with E-state index in [0.717, 1.165) is 5.56 Å². The molecule has 1 saturated carbocycles. The lowest BCUT2D eigenvalue weighted by Gasteiger charge is -2.04. The second-order valence-electron chi connectivity index (χ2n) is 6.13. The van der Waals surface area contributed by atoms with Crippen LogP contribution in [0, 0.1) is 5.92 Å². The molecule has 4 nitrogen and oxygen atoms in total. The summed E-state index contributed by atoms with van der Waals surface area (Å²) in [5.41, 5.74) is 2.74. The molecule has 1 aromatic heterocycles.